The molecule has 14 heavy (non-hydrogen) atoms. The third kappa shape index (κ3) is 2.91. The summed E-state index contributed by atoms with van der Waals surface area (Å²) in [7, 11) is 0. The van der Waals surface area contributed by atoms with Gasteiger partial charge in [0.25, 0.3) is 0 Å². The van der Waals surface area contributed by atoms with Crippen LogP contribution in [0.3, 0.4) is 0 Å². The second kappa shape index (κ2) is 5.03. The molecule has 0 radical (unpaired) electrons. The molecule has 0 spiro atoms. The van der Waals surface area contributed by atoms with Crippen LogP contribution in [0.4, 0.5) is 0 Å². The SMILES string of the molecule is C=C1/C=C\C=C(\C#N)C/N=C(/CC)N1. The van der Waals surface area contributed by atoms with Gasteiger partial charge in [0, 0.05) is 12.1 Å². The summed E-state index contributed by atoms with van der Waals surface area (Å²) in [5.41, 5.74) is 1.45. The molecule has 0 aromatic rings. The Hall–Kier alpha value is -1.82. The fourth-order valence-corrected chi connectivity index (χ4v) is 1.05. The molecule has 0 unspecified atom stereocenters. The highest BCUT2D eigenvalue weighted by molar-refractivity contribution is 5.84. The van der Waals surface area contributed by atoms with Gasteiger partial charge in [-0.3, -0.25) is 4.99 Å². The van der Waals surface area contributed by atoms with Gasteiger partial charge in [0.1, 0.15) is 5.84 Å². The number of amidine groups is 1. The Kier molecular flexibility index (Phi) is 3.69. The van der Waals surface area contributed by atoms with Gasteiger partial charge in [0.05, 0.1) is 18.2 Å². The highest BCUT2D eigenvalue weighted by atomic mass is 15.0. The van der Waals surface area contributed by atoms with Gasteiger partial charge in [-0.15, -0.1) is 0 Å². The van der Waals surface area contributed by atoms with Crippen molar-refractivity contribution < 1.29 is 0 Å². The van der Waals surface area contributed by atoms with E-state index in [2.05, 4.69) is 23.0 Å². The minimum Gasteiger partial charge on any atom is -0.345 e. The monoisotopic (exact) mass is 187 g/mol. The molecule has 0 saturated carbocycles. The fourth-order valence-electron chi connectivity index (χ4n) is 1.05. The normalized spacial score (nSPS) is 26.4. The number of nitriles is 1. The molecule has 0 bridgehead atoms. The smallest absolute Gasteiger partial charge is 0.101 e. The van der Waals surface area contributed by atoms with Crippen molar-refractivity contribution in [2.24, 2.45) is 4.99 Å². The molecule has 0 fully saturated rings. The van der Waals surface area contributed by atoms with Crippen LogP contribution in [0, 0.1) is 11.3 Å². The number of hydrogen-bond donors (Lipinski definition) is 1. The van der Waals surface area contributed by atoms with Crippen LogP contribution < -0.4 is 5.32 Å². The van der Waals surface area contributed by atoms with Gasteiger partial charge in [0.2, 0.25) is 0 Å². The summed E-state index contributed by atoms with van der Waals surface area (Å²) in [6.45, 7) is 6.26. The van der Waals surface area contributed by atoms with E-state index in [0.717, 1.165) is 18.0 Å². The van der Waals surface area contributed by atoms with Crippen LogP contribution in [0.5, 0.6) is 0 Å². The number of nitrogens with zero attached hydrogens (tertiary/aromatic N) is 2. The molecule has 72 valence electrons. The van der Waals surface area contributed by atoms with Crippen molar-refractivity contribution in [3.8, 4) is 6.07 Å². The average Bonchev–Trinajstić information content (AvgIpc) is 2.28. The Morgan fingerprint density at radius 3 is 3.14 bits per heavy atom. The van der Waals surface area contributed by atoms with Gasteiger partial charge in [-0.1, -0.05) is 19.6 Å². The van der Waals surface area contributed by atoms with Crippen molar-refractivity contribution in [2.45, 2.75) is 13.3 Å². The molecule has 0 aliphatic carbocycles. The number of aliphatic imine (C=N–C) groups is 1. The lowest BCUT2D eigenvalue weighted by Crippen LogP contribution is -2.20. The van der Waals surface area contributed by atoms with Crippen molar-refractivity contribution >= 4 is 5.84 Å². The summed E-state index contributed by atoms with van der Waals surface area (Å²) in [5.74, 6) is 0.864. The van der Waals surface area contributed by atoms with Gasteiger partial charge in [-0.2, -0.15) is 5.26 Å². The second-order valence-corrected chi connectivity index (χ2v) is 2.93. The third-order valence-electron chi connectivity index (χ3n) is 1.82. The summed E-state index contributed by atoms with van der Waals surface area (Å²) in [6, 6.07) is 2.10. The van der Waals surface area contributed by atoms with E-state index >= 15 is 0 Å². The van der Waals surface area contributed by atoms with Gasteiger partial charge in [-0.25, -0.2) is 0 Å². The van der Waals surface area contributed by atoms with E-state index in [-0.39, 0.29) is 0 Å². The maximum Gasteiger partial charge on any atom is 0.101 e. The second-order valence-electron chi connectivity index (χ2n) is 2.93. The third-order valence-corrected chi connectivity index (χ3v) is 1.82. The van der Waals surface area contributed by atoms with E-state index in [9.17, 15) is 0 Å². The molecule has 0 aromatic heterocycles. The van der Waals surface area contributed by atoms with E-state index in [1.807, 2.05) is 19.1 Å². The lowest BCUT2D eigenvalue weighted by molar-refractivity contribution is 1.05. The first-order valence-corrected chi connectivity index (χ1v) is 4.53. The highest BCUT2D eigenvalue weighted by Crippen LogP contribution is 2.00. The standard InChI is InChI=1S/C11H13N3/c1-3-11-13-8-10(7-12)6-4-5-9(2)14-11/h4-6H,2-3,8H2,1H3,(H,13,14)/b5-4-,10-6-. The minimum absolute atomic E-state index is 0.435. The predicted molar refractivity (Wildman–Crippen MR) is 57.7 cm³/mol. The number of nitrogens with one attached hydrogen (secondary N) is 1. The Morgan fingerprint density at radius 1 is 1.71 bits per heavy atom. The molecule has 1 rings (SSSR count). The average molecular weight is 187 g/mol. The van der Waals surface area contributed by atoms with Crippen molar-refractivity contribution in [1.82, 2.24) is 5.32 Å². The predicted octanol–water partition coefficient (Wildman–Crippen LogP) is 1.92. The van der Waals surface area contributed by atoms with Crippen LogP contribution in [0.25, 0.3) is 0 Å². The van der Waals surface area contributed by atoms with Crippen molar-refractivity contribution in [1.29, 1.82) is 5.26 Å². The first-order valence-electron chi connectivity index (χ1n) is 4.53. The molecular weight excluding hydrogens is 174 g/mol. The van der Waals surface area contributed by atoms with Gasteiger partial charge >= 0.3 is 0 Å². The molecule has 0 aromatic carbocycles. The van der Waals surface area contributed by atoms with Crippen LogP contribution in [-0.2, 0) is 0 Å². The molecule has 1 aliphatic rings. The zero-order valence-corrected chi connectivity index (χ0v) is 8.25. The Labute approximate surface area is 84.2 Å². The molecule has 3 heteroatoms. The number of allylic oxidation sites excluding steroid dienone is 3. The van der Waals surface area contributed by atoms with Gasteiger partial charge in [0.15, 0.2) is 0 Å². The van der Waals surface area contributed by atoms with E-state index in [4.69, 9.17) is 5.26 Å². The molecule has 1 aliphatic heterocycles. The van der Waals surface area contributed by atoms with E-state index in [1.54, 1.807) is 6.08 Å². The molecule has 0 atom stereocenters. The van der Waals surface area contributed by atoms with Gasteiger partial charge < -0.3 is 5.32 Å². The molecule has 1 N–H and O–H groups in total. The van der Waals surface area contributed by atoms with Crippen molar-refractivity contribution in [2.75, 3.05) is 6.54 Å². The quantitative estimate of drug-likeness (QED) is 0.681. The minimum atomic E-state index is 0.435. The van der Waals surface area contributed by atoms with Crippen LogP contribution in [0.1, 0.15) is 13.3 Å². The van der Waals surface area contributed by atoms with E-state index < -0.39 is 0 Å². The maximum atomic E-state index is 8.76. The summed E-state index contributed by atoms with van der Waals surface area (Å²) in [6.07, 6.45) is 6.20. The van der Waals surface area contributed by atoms with Crippen molar-refractivity contribution in [3.63, 3.8) is 0 Å². The van der Waals surface area contributed by atoms with Gasteiger partial charge in [-0.05, 0) is 12.2 Å². The Morgan fingerprint density at radius 2 is 2.50 bits per heavy atom. The zero-order chi connectivity index (χ0) is 10.4. The molecule has 1 heterocycles. The van der Waals surface area contributed by atoms with Crippen LogP contribution >= 0.6 is 0 Å². The van der Waals surface area contributed by atoms with Crippen LogP contribution in [0.2, 0.25) is 0 Å². The van der Waals surface area contributed by atoms with Crippen LogP contribution in [-0.4, -0.2) is 12.4 Å². The summed E-state index contributed by atoms with van der Waals surface area (Å²) in [5, 5.41) is 11.8. The Bertz CT molecular complexity index is 353. The summed E-state index contributed by atoms with van der Waals surface area (Å²) in [4.78, 5) is 4.28. The Balaban J connectivity index is 2.91. The molecular formula is C11H13N3. The van der Waals surface area contributed by atoms with E-state index in [0.29, 0.717) is 12.1 Å². The summed E-state index contributed by atoms with van der Waals surface area (Å²) < 4.78 is 0. The zero-order valence-electron chi connectivity index (χ0n) is 8.25. The van der Waals surface area contributed by atoms with Crippen LogP contribution in [0.15, 0.2) is 41.1 Å². The summed E-state index contributed by atoms with van der Waals surface area (Å²) >= 11 is 0. The highest BCUT2D eigenvalue weighted by Gasteiger charge is 1.99. The number of rotatable bonds is 1. The first kappa shape index (κ1) is 10.3. The molecule has 0 amide bonds. The first-order chi connectivity index (χ1) is 6.76. The lowest BCUT2D eigenvalue weighted by Gasteiger charge is -2.06. The molecule has 3 nitrogen and oxygen atoms in total. The topological polar surface area (TPSA) is 48.2 Å². The fraction of sp³-hybridized carbons (Fsp3) is 0.273. The van der Waals surface area contributed by atoms with Crippen molar-refractivity contribution in [3.05, 3.63) is 36.1 Å². The largest absolute Gasteiger partial charge is 0.345 e. The maximum absolute atomic E-state index is 8.76. The van der Waals surface area contributed by atoms with E-state index in [1.165, 1.54) is 0 Å². The molecule has 0 saturated heterocycles. The number of hydrogen-bond acceptors (Lipinski definition) is 3. The lowest BCUT2D eigenvalue weighted by atomic mass is 10.2.